The molecular weight excluding hydrogens is 354 g/mol. The van der Waals surface area contributed by atoms with Crippen LogP contribution in [-0.2, 0) is 4.79 Å². The van der Waals surface area contributed by atoms with E-state index in [1.165, 1.54) is 38.5 Å². The molecule has 23 heavy (non-hydrogen) atoms. The molecule has 124 valence electrons. The van der Waals surface area contributed by atoms with Crippen LogP contribution >= 0.6 is 15.9 Å². The van der Waals surface area contributed by atoms with Gasteiger partial charge < -0.3 is 10.1 Å². The van der Waals surface area contributed by atoms with Crippen molar-refractivity contribution in [2.24, 2.45) is 17.3 Å². The predicted molar refractivity (Wildman–Crippen MR) is 95.0 cm³/mol. The summed E-state index contributed by atoms with van der Waals surface area (Å²) in [5.41, 5.74) is 1.08. The molecule has 4 fully saturated rings. The first-order chi connectivity index (χ1) is 11.0. The lowest BCUT2D eigenvalue weighted by Gasteiger charge is -2.60. The van der Waals surface area contributed by atoms with Gasteiger partial charge in [-0.25, -0.2) is 0 Å². The van der Waals surface area contributed by atoms with Crippen LogP contribution in [0.2, 0.25) is 0 Å². The second-order valence-corrected chi connectivity index (χ2v) is 9.75. The second-order valence-electron chi connectivity index (χ2n) is 8.07. The van der Waals surface area contributed by atoms with Crippen molar-refractivity contribution in [2.75, 3.05) is 12.4 Å². The number of hydrogen-bond donors (Lipinski definition) is 1. The minimum absolute atomic E-state index is 0.160. The Hall–Kier alpha value is -1.03. The summed E-state index contributed by atoms with van der Waals surface area (Å²) in [6.07, 6.45) is 8.33. The van der Waals surface area contributed by atoms with Gasteiger partial charge in [-0.1, -0.05) is 15.9 Å². The van der Waals surface area contributed by atoms with E-state index in [2.05, 4.69) is 21.2 Å². The minimum Gasteiger partial charge on any atom is -0.497 e. The fourth-order valence-corrected chi connectivity index (χ4v) is 7.27. The molecule has 4 heteroatoms. The van der Waals surface area contributed by atoms with Crippen molar-refractivity contribution in [2.45, 2.75) is 49.3 Å². The van der Waals surface area contributed by atoms with Crippen LogP contribution in [0.1, 0.15) is 44.9 Å². The van der Waals surface area contributed by atoms with Gasteiger partial charge in [0.25, 0.3) is 0 Å². The Morgan fingerprint density at radius 2 is 1.87 bits per heavy atom. The Balaban J connectivity index is 1.44. The number of amides is 1. The molecule has 0 heterocycles. The quantitative estimate of drug-likeness (QED) is 0.768. The van der Waals surface area contributed by atoms with E-state index < -0.39 is 0 Å². The van der Waals surface area contributed by atoms with Crippen molar-refractivity contribution in [1.29, 1.82) is 0 Å². The van der Waals surface area contributed by atoms with Gasteiger partial charge >= 0.3 is 0 Å². The van der Waals surface area contributed by atoms with Gasteiger partial charge in [-0.3, -0.25) is 4.79 Å². The average Bonchev–Trinajstić information content (AvgIpc) is 2.44. The highest BCUT2D eigenvalue weighted by Gasteiger charge is 2.57. The number of ether oxygens (including phenoxy) is 1. The summed E-state index contributed by atoms with van der Waals surface area (Å²) in [4.78, 5) is 12.6. The minimum atomic E-state index is 0.160. The van der Waals surface area contributed by atoms with E-state index in [0.29, 0.717) is 10.7 Å². The van der Waals surface area contributed by atoms with E-state index in [1.54, 1.807) is 7.11 Å². The first-order valence-corrected chi connectivity index (χ1v) is 9.40. The lowest BCUT2D eigenvalue weighted by Crippen LogP contribution is -2.53. The molecule has 0 spiro atoms. The fourth-order valence-electron chi connectivity index (χ4n) is 5.76. The number of benzene rings is 1. The second kappa shape index (κ2) is 5.51. The third-order valence-electron chi connectivity index (χ3n) is 6.02. The number of carbonyl (C=O) groups excluding carboxylic acids is 1. The molecule has 0 radical (unpaired) electrons. The highest BCUT2D eigenvalue weighted by molar-refractivity contribution is 9.10. The zero-order chi connectivity index (χ0) is 16.1. The lowest BCUT2D eigenvalue weighted by atomic mass is 9.48. The molecule has 4 bridgehead atoms. The Morgan fingerprint density at radius 1 is 1.22 bits per heavy atom. The van der Waals surface area contributed by atoms with Crippen molar-refractivity contribution < 1.29 is 9.53 Å². The van der Waals surface area contributed by atoms with E-state index in [4.69, 9.17) is 4.74 Å². The van der Waals surface area contributed by atoms with Crippen molar-refractivity contribution >= 4 is 27.5 Å². The van der Waals surface area contributed by atoms with E-state index >= 15 is 0 Å². The van der Waals surface area contributed by atoms with Crippen LogP contribution < -0.4 is 10.1 Å². The number of hydrogen-bond acceptors (Lipinski definition) is 2. The lowest BCUT2D eigenvalue weighted by molar-refractivity contribution is -0.123. The molecule has 1 N–H and O–H groups in total. The molecule has 0 aromatic heterocycles. The monoisotopic (exact) mass is 377 g/mol. The maximum Gasteiger partial charge on any atom is 0.224 e. The van der Waals surface area contributed by atoms with E-state index in [1.807, 2.05) is 24.3 Å². The number of rotatable bonds is 4. The number of carbonyl (C=O) groups is 1. The summed E-state index contributed by atoms with van der Waals surface area (Å²) in [7, 11) is 1.65. The third kappa shape index (κ3) is 3.02. The normalized spacial score (nSPS) is 37.7. The number of anilines is 1. The van der Waals surface area contributed by atoms with Gasteiger partial charge in [0, 0.05) is 16.4 Å². The molecule has 5 rings (SSSR count). The maximum atomic E-state index is 12.6. The van der Waals surface area contributed by atoms with Gasteiger partial charge in [0.1, 0.15) is 5.75 Å². The van der Waals surface area contributed by atoms with Gasteiger partial charge in [0.05, 0.1) is 7.11 Å². The molecule has 4 aliphatic rings. The largest absolute Gasteiger partial charge is 0.497 e. The summed E-state index contributed by atoms with van der Waals surface area (Å²) in [6.45, 7) is 0. The maximum absolute atomic E-state index is 12.6. The molecule has 0 aliphatic heterocycles. The molecule has 2 unspecified atom stereocenters. The van der Waals surface area contributed by atoms with Crippen molar-refractivity contribution in [3.8, 4) is 5.75 Å². The number of alkyl halides is 1. The zero-order valence-electron chi connectivity index (χ0n) is 13.6. The van der Waals surface area contributed by atoms with Gasteiger partial charge in [0.2, 0.25) is 5.91 Å². The van der Waals surface area contributed by atoms with Crippen LogP contribution in [0.3, 0.4) is 0 Å². The Labute approximate surface area is 146 Å². The predicted octanol–water partition coefficient (Wildman–Crippen LogP) is 4.76. The Bertz CT molecular complexity index is 598. The summed E-state index contributed by atoms with van der Waals surface area (Å²) in [5.74, 6) is 2.62. The van der Waals surface area contributed by atoms with E-state index in [9.17, 15) is 4.79 Å². The standard InChI is InChI=1S/C19H24BrNO2/c1-23-16-4-2-15(3-5-16)21-17(22)11-18-7-13-6-14(8-18)10-19(20,9-13)12-18/h2-5,13-14H,6-12H2,1H3,(H,21,22). The fraction of sp³-hybridized carbons (Fsp3) is 0.632. The molecular formula is C19H24BrNO2. The Kier molecular flexibility index (Phi) is 3.71. The molecule has 3 nitrogen and oxygen atoms in total. The molecule has 1 amide bonds. The molecule has 1 aromatic rings. The summed E-state index contributed by atoms with van der Waals surface area (Å²) in [6, 6.07) is 7.58. The van der Waals surface area contributed by atoms with Crippen LogP contribution in [0, 0.1) is 17.3 Å². The number of methoxy groups -OCH3 is 1. The van der Waals surface area contributed by atoms with Crippen molar-refractivity contribution in [3.05, 3.63) is 24.3 Å². The van der Waals surface area contributed by atoms with Gasteiger partial charge in [-0.15, -0.1) is 0 Å². The highest BCUT2D eigenvalue weighted by atomic mass is 79.9. The number of halogens is 1. The van der Waals surface area contributed by atoms with Crippen LogP contribution in [0.4, 0.5) is 5.69 Å². The molecule has 4 aliphatic carbocycles. The van der Waals surface area contributed by atoms with Crippen molar-refractivity contribution in [3.63, 3.8) is 0 Å². The smallest absolute Gasteiger partial charge is 0.224 e. The first kappa shape index (κ1) is 15.5. The highest BCUT2D eigenvalue weighted by Crippen LogP contribution is 2.65. The topological polar surface area (TPSA) is 38.3 Å². The summed E-state index contributed by atoms with van der Waals surface area (Å²) < 4.78 is 5.48. The Morgan fingerprint density at radius 3 is 2.43 bits per heavy atom. The van der Waals surface area contributed by atoms with Crippen LogP contribution in [0.25, 0.3) is 0 Å². The summed E-state index contributed by atoms with van der Waals surface area (Å²) in [5, 5.41) is 3.07. The van der Waals surface area contributed by atoms with Crippen molar-refractivity contribution in [1.82, 2.24) is 0 Å². The van der Waals surface area contributed by atoms with E-state index in [-0.39, 0.29) is 11.3 Å². The van der Waals surface area contributed by atoms with Crippen LogP contribution in [0.5, 0.6) is 5.75 Å². The summed E-state index contributed by atoms with van der Waals surface area (Å²) >= 11 is 4.02. The third-order valence-corrected chi connectivity index (χ3v) is 6.95. The molecule has 0 saturated heterocycles. The zero-order valence-corrected chi connectivity index (χ0v) is 15.2. The number of nitrogens with one attached hydrogen (secondary N) is 1. The average molecular weight is 378 g/mol. The van der Waals surface area contributed by atoms with Crippen LogP contribution in [-0.4, -0.2) is 17.3 Å². The van der Waals surface area contributed by atoms with Gasteiger partial charge in [-0.05, 0) is 80.0 Å². The first-order valence-electron chi connectivity index (χ1n) is 8.60. The van der Waals surface area contributed by atoms with E-state index in [0.717, 1.165) is 23.3 Å². The molecule has 1 aromatic carbocycles. The van der Waals surface area contributed by atoms with Crippen LogP contribution in [0.15, 0.2) is 24.3 Å². The molecule has 4 saturated carbocycles. The SMILES string of the molecule is COc1ccc(NC(=O)CC23CC4CC(CC(Br)(C4)C2)C3)cc1. The van der Waals surface area contributed by atoms with Gasteiger partial charge in [0.15, 0.2) is 0 Å². The van der Waals surface area contributed by atoms with Gasteiger partial charge in [-0.2, -0.15) is 0 Å². The molecule has 2 atom stereocenters.